The van der Waals surface area contributed by atoms with Crippen LogP contribution in [0.5, 0.6) is 0 Å². The Morgan fingerprint density at radius 3 is 2.47 bits per heavy atom. The minimum Gasteiger partial charge on any atom is -0.391 e. The maximum Gasteiger partial charge on any atom is 0.0721 e. The van der Waals surface area contributed by atoms with E-state index in [2.05, 4.69) is 0 Å². The first-order chi connectivity index (χ1) is 7.09. The Bertz CT molecular complexity index is 276. The zero-order valence-corrected chi connectivity index (χ0v) is 9.23. The van der Waals surface area contributed by atoms with E-state index in [0.717, 1.165) is 6.42 Å². The number of benzene rings is 1. The van der Waals surface area contributed by atoms with Gasteiger partial charge in [-0.05, 0) is 17.9 Å². The molecular formula is C12H18FNO. The second kappa shape index (κ2) is 5.83. The van der Waals surface area contributed by atoms with Gasteiger partial charge in [-0.1, -0.05) is 37.3 Å². The van der Waals surface area contributed by atoms with E-state index in [0.29, 0.717) is 5.12 Å². The number of rotatable bonds is 5. The first-order valence-corrected chi connectivity index (χ1v) is 5.18. The van der Waals surface area contributed by atoms with Crippen molar-refractivity contribution in [3.63, 3.8) is 0 Å². The van der Waals surface area contributed by atoms with E-state index in [1.54, 1.807) is 0 Å². The molecule has 0 amide bonds. The van der Waals surface area contributed by atoms with Crippen LogP contribution in [0.4, 0.5) is 4.48 Å². The summed E-state index contributed by atoms with van der Waals surface area (Å²) in [5, 5.41) is 10.2. The van der Waals surface area contributed by atoms with Gasteiger partial charge in [0.25, 0.3) is 0 Å². The van der Waals surface area contributed by atoms with E-state index in [4.69, 9.17) is 0 Å². The average Bonchev–Trinajstić information content (AvgIpc) is 2.18. The number of nitrogens with zero attached hydrogens (tertiary/aromatic N) is 1. The molecule has 0 saturated heterocycles. The van der Waals surface area contributed by atoms with Crippen molar-refractivity contribution in [2.45, 2.75) is 19.4 Å². The molecule has 0 heterocycles. The fourth-order valence-electron chi connectivity index (χ4n) is 1.56. The van der Waals surface area contributed by atoms with Crippen LogP contribution in [0.15, 0.2) is 30.3 Å². The van der Waals surface area contributed by atoms with Gasteiger partial charge in [0, 0.05) is 7.05 Å². The van der Waals surface area contributed by atoms with Crippen molar-refractivity contribution < 1.29 is 9.59 Å². The zero-order chi connectivity index (χ0) is 11.3. The lowest BCUT2D eigenvalue weighted by Crippen LogP contribution is -2.30. The lowest BCUT2D eigenvalue weighted by atomic mass is 9.96. The lowest BCUT2D eigenvalue weighted by Gasteiger charge is -2.20. The molecule has 2 atom stereocenters. The van der Waals surface area contributed by atoms with E-state index >= 15 is 0 Å². The van der Waals surface area contributed by atoms with Crippen LogP contribution in [0, 0.1) is 5.92 Å². The highest BCUT2D eigenvalue weighted by atomic mass is 19.2. The van der Waals surface area contributed by atoms with E-state index in [9.17, 15) is 9.59 Å². The molecule has 1 aromatic rings. The Morgan fingerprint density at radius 2 is 1.93 bits per heavy atom. The fraction of sp³-hybridized carbons (Fsp3) is 0.500. The molecule has 0 saturated carbocycles. The Morgan fingerprint density at radius 1 is 1.33 bits per heavy atom. The number of hydrogen-bond donors (Lipinski definition) is 1. The lowest BCUT2D eigenvalue weighted by molar-refractivity contribution is -0.0111. The third-order valence-corrected chi connectivity index (χ3v) is 2.50. The fourth-order valence-corrected chi connectivity index (χ4v) is 1.56. The highest BCUT2D eigenvalue weighted by molar-refractivity contribution is 5.15. The molecule has 3 heteroatoms. The van der Waals surface area contributed by atoms with Gasteiger partial charge >= 0.3 is 0 Å². The molecule has 2 nitrogen and oxygen atoms in total. The monoisotopic (exact) mass is 211 g/mol. The Hall–Kier alpha value is -0.930. The summed E-state index contributed by atoms with van der Waals surface area (Å²) < 4.78 is 12.5. The minimum absolute atomic E-state index is 0.0607. The van der Waals surface area contributed by atoms with Crippen LogP contribution in [-0.4, -0.2) is 29.9 Å². The zero-order valence-electron chi connectivity index (χ0n) is 9.23. The smallest absolute Gasteiger partial charge is 0.0721 e. The van der Waals surface area contributed by atoms with E-state index in [1.165, 1.54) is 12.6 Å². The molecule has 84 valence electrons. The van der Waals surface area contributed by atoms with Gasteiger partial charge in [0.2, 0.25) is 0 Å². The number of likely N-dealkylation sites (N-methyl/N-ethyl adjacent to an activating group) is 1. The van der Waals surface area contributed by atoms with E-state index < -0.39 is 6.10 Å². The first kappa shape index (κ1) is 12.1. The van der Waals surface area contributed by atoms with Crippen molar-refractivity contribution in [2.75, 3.05) is 13.6 Å². The number of halogens is 1. The van der Waals surface area contributed by atoms with Crippen molar-refractivity contribution in [3.8, 4) is 0 Å². The van der Waals surface area contributed by atoms with Gasteiger partial charge in [-0.15, -0.1) is 9.60 Å². The van der Waals surface area contributed by atoms with Crippen LogP contribution < -0.4 is 0 Å². The summed E-state index contributed by atoms with van der Waals surface area (Å²) in [4.78, 5) is 0. The molecule has 0 fully saturated rings. The molecule has 0 aliphatic rings. The highest BCUT2D eigenvalue weighted by Gasteiger charge is 2.16. The Labute approximate surface area is 90.3 Å². The van der Waals surface area contributed by atoms with Crippen LogP contribution >= 0.6 is 0 Å². The second-order valence-corrected chi connectivity index (χ2v) is 4.02. The Kier molecular flexibility index (Phi) is 4.72. The summed E-state index contributed by atoms with van der Waals surface area (Å²) in [6, 6.07) is 9.93. The molecule has 0 radical (unpaired) electrons. The summed E-state index contributed by atoms with van der Waals surface area (Å²) in [7, 11) is 1.32. The molecule has 1 aromatic carbocycles. The third kappa shape index (κ3) is 4.40. The molecule has 1 rings (SSSR count). The number of aliphatic hydroxyl groups is 1. The van der Waals surface area contributed by atoms with Crippen molar-refractivity contribution in [3.05, 3.63) is 35.9 Å². The molecule has 0 aromatic heterocycles. The Balaban J connectivity index is 2.45. The summed E-state index contributed by atoms with van der Waals surface area (Å²) in [5.41, 5.74) is 1.17. The van der Waals surface area contributed by atoms with E-state index in [-0.39, 0.29) is 12.5 Å². The summed E-state index contributed by atoms with van der Waals surface area (Å²) in [6.07, 6.45) is 0.149. The molecule has 0 aliphatic heterocycles. The molecule has 2 unspecified atom stereocenters. The van der Waals surface area contributed by atoms with Crippen LogP contribution in [0.3, 0.4) is 0 Å². The van der Waals surface area contributed by atoms with Crippen LogP contribution in [0.2, 0.25) is 0 Å². The van der Waals surface area contributed by atoms with Crippen LogP contribution in [0.1, 0.15) is 12.5 Å². The van der Waals surface area contributed by atoms with Gasteiger partial charge in [-0.25, -0.2) is 0 Å². The first-order valence-electron chi connectivity index (χ1n) is 5.18. The summed E-state index contributed by atoms with van der Waals surface area (Å²) in [5.74, 6) is 0.0607. The maximum absolute atomic E-state index is 12.5. The van der Waals surface area contributed by atoms with Gasteiger partial charge in [-0.2, -0.15) is 0 Å². The molecule has 0 bridgehead atoms. The second-order valence-electron chi connectivity index (χ2n) is 4.02. The summed E-state index contributed by atoms with van der Waals surface area (Å²) >= 11 is 0. The van der Waals surface area contributed by atoms with E-state index in [1.807, 2.05) is 37.3 Å². The van der Waals surface area contributed by atoms with Gasteiger partial charge in [0.15, 0.2) is 0 Å². The maximum atomic E-state index is 12.5. The quantitative estimate of drug-likeness (QED) is 0.753. The number of hydrogen-bond acceptors (Lipinski definition) is 2. The third-order valence-electron chi connectivity index (χ3n) is 2.50. The predicted octanol–water partition coefficient (Wildman–Crippen LogP) is 2.04. The SMILES string of the molecule is CC(Cc1ccccc1)C(O)CN(C)F. The molecule has 1 N–H and O–H groups in total. The van der Waals surface area contributed by atoms with Gasteiger partial charge in [-0.3, -0.25) is 0 Å². The van der Waals surface area contributed by atoms with Gasteiger partial charge < -0.3 is 5.11 Å². The molecule has 0 aliphatic carbocycles. The molecule has 0 spiro atoms. The van der Waals surface area contributed by atoms with Crippen LogP contribution in [-0.2, 0) is 6.42 Å². The van der Waals surface area contributed by atoms with Gasteiger partial charge in [0.1, 0.15) is 0 Å². The largest absolute Gasteiger partial charge is 0.391 e. The predicted molar refractivity (Wildman–Crippen MR) is 59.1 cm³/mol. The standard InChI is InChI=1S/C12H18FNO/c1-10(12(15)9-14(2)13)8-11-6-4-3-5-7-11/h3-7,10,12,15H,8-9H2,1-2H3. The molecule has 15 heavy (non-hydrogen) atoms. The van der Waals surface area contributed by atoms with Crippen molar-refractivity contribution in [1.82, 2.24) is 5.12 Å². The van der Waals surface area contributed by atoms with Crippen molar-refractivity contribution in [1.29, 1.82) is 0 Å². The normalized spacial score (nSPS) is 15.3. The van der Waals surface area contributed by atoms with Crippen molar-refractivity contribution >= 4 is 0 Å². The van der Waals surface area contributed by atoms with Gasteiger partial charge in [0.05, 0.1) is 12.6 Å². The van der Waals surface area contributed by atoms with Crippen molar-refractivity contribution in [2.24, 2.45) is 5.92 Å². The number of aliphatic hydroxyl groups excluding tert-OH is 1. The average molecular weight is 211 g/mol. The summed E-state index contributed by atoms with van der Waals surface area (Å²) in [6.45, 7) is 2.00. The highest BCUT2D eigenvalue weighted by Crippen LogP contribution is 2.12. The minimum atomic E-state index is -0.625. The topological polar surface area (TPSA) is 23.5 Å². The molecular weight excluding hydrogens is 193 g/mol. The van der Waals surface area contributed by atoms with Crippen LogP contribution in [0.25, 0.3) is 0 Å².